The number of benzene rings is 1. The highest BCUT2D eigenvalue weighted by molar-refractivity contribution is 8.13. The maximum atomic E-state index is 12.3. The third kappa shape index (κ3) is 2.94. The number of amides is 1. The SMILES string of the molecule is CC1CC1NC(=O)c1cc(S(=O)(=O)Cl)cc2c1OCCO2. The lowest BCUT2D eigenvalue weighted by atomic mass is 10.1. The number of ether oxygens (including phenoxy) is 2. The Balaban J connectivity index is 2.02. The maximum absolute atomic E-state index is 12.3. The van der Waals surface area contributed by atoms with Crippen LogP contribution in [0.1, 0.15) is 23.7 Å². The average molecular weight is 332 g/mol. The van der Waals surface area contributed by atoms with Crippen molar-refractivity contribution in [3.05, 3.63) is 17.7 Å². The lowest BCUT2D eigenvalue weighted by Gasteiger charge is -2.21. The minimum Gasteiger partial charge on any atom is -0.486 e. The first kappa shape index (κ1) is 14.5. The summed E-state index contributed by atoms with van der Waals surface area (Å²) in [5, 5.41) is 2.84. The molecular formula is C13H14ClNO5S. The summed E-state index contributed by atoms with van der Waals surface area (Å²) < 4.78 is 33.8. The Labute approximate surface area is 126 Å². The maximum Gasteiger partial charge on any atom is 0.261 e. The molecule has 0 aromatic heterocycles. The second-order valence-corrected chi connectivity index (χ2v) is 7.79. The summed E-state index contributed by atoms with van der Waals surface area (Å²) in [5.74, 6) is 0.531. The van der Waals surface area contributed by atoms with Gasteiger partial charge in [0.05, 0.1) is 10.5 Å². The highest BCUT2D eigenvalue weighted by atomic mass is 35.7. The van der Waals surface area contributed by atoms with E-state index in [1.165, 1.54) is 12.1 Å². The molecule has 6 nitrogen and oxygen atoms in total. The number of hydrogen-bond donors (Lipinski definition) is 1. The van der Waals surface area contributed by atoms with Gasteiger partial charge in [-0.05, 0) is 18.4 Å². The molecule has 2 atom stereocenters. The van der Waals surface area contributed by atoms with Crippen molar-refractivity contribution in [2.75, 3.05) is 13.2 Å². The molecule has 1 aliphatic carbocycles. The Morgan fingerprint density at radius 2 is 2.00 bits per heavy atom. The van der Waals surface area contributed by atoms with Crippen molar-refractivity contribution in [1.82, 2.24) is 5.32 Å². The normalized spacial score (nSPS) is 23.5. The van der Waals surface area contributed by atoms with Crippen molar-refractivity contribution in [3.63, 3.8) is 0 Å². The van der Waals surface area contributed by atoms with E-state index >= 15 is 0 Å². The first-order valence-corrected chi connectivity index (χ1v) is 8.86. The van der Waals surface area contributed by atoms with Crippen LogP contribution in [-0.4, -0.2) is 33.6 Å². The molecule has 0 spiro atoms. The molecule has 2 unspecified atom stereocenters. The van der Waals surface area contributed by atoms with Gasteiger partial charge in [0.25, 0.3) is 15.0 Å². The van der Waals surface area contributed by atoms with Crippen LogP contribution in [0, 0.1) is 5.92 Å². The first-order chi connectivity index (χ1) is 9.86. The molecule has 1 N–H and O–H groups in total. The number of hydrogen-bond acceptors (Lipinski definition) is 5. The zero-order chi connectivity index (χ0) is 15.2. The number of nitrogens with one attached hydrogen (secondary N) is 1. The zero-order valence-corrected chi connectivity index (χ0v) is 12.8. The van der Waals surface area contributed by atoms with Gasteiger partial charge < -0.3 is 14.8 Å². The highest BCUT2D eigenvalue weighted by Gasteiger charge is 2.35. The van der Waals surface area contributed by atoms with Crippen molar-refractivity contribution in [1.29, 1.82) is 0 Å². The van der Waals surface area contributed by atoms with Gasteiger partial charge in [-0.15, -0.1) is 0 Å². The Bertz CT molecular complexity index is 703. The van der Waals surface area contributed by atoms with Crippen molar-refractivity contribution in [3.8, 4) is 11.5 Å². The first-order valence-electron chi connectivity index (χ1n) is 6.55. The fourth-order valence-electron chi connectivity index (χ4n) is 2.21. The van der Waals surface area contributed by atoms with Crippen molar-refractivity contribution in [2.45, 2.75) is 24.3 Å². The van der Waals surface area contributed by atoms with Crippen LogP contribution in [-0.2, 0) is 9.05 Å². The predicted octanol–water partition coefficient (Wildman–Crippen LogP) is 1.52. The van der Waals surface area contributed by atoms with Gasteiger partial charge >= 0.3 is 0 Å². The quantitative estimate of drug-likeness (QED) is 0.849. The molecule has 1 saturated carbocycles. The van der Waals surface area contributed by atoms with Crippen LogP contribution in [0.4, 0.5) is 0 Å². The number of carbonyl (C=O) groups excluding carboxylic acids is 1. The van der Waals surface area contributed by atoms with Crippen molar-refractivity contribution >= 4 is 25.6 Å². The topological polar surface area (TPSA) is 81.7 Å². The molecule has 0 bridgehead atoms. The van der Waals surface area contributed by atoms with Gasteiger partial charge in [-0.25, -0.2) is 8.42 Å². The second kappa shape index (κ2) is 5.06. The summed E-state index contributed by atoms with van der Waals surface area (Å²) in [6, 6.07) is 2.61. The minimum absolute atomic E-state index is 0.119. The van der Waals surface area contributed by atoms with Gasteiger partial charge in [-0.1, -0.05) is 6.92 Å². The lowest BCUT2D eigenvalue weighted by molar-refractivity contribution is 0.0937. The summed E-state index contributed by atoms with van der Waals surface area (Å²) in [6.07, 6.45) is 0.915. The third-order valence-electron chi connectivity index (χ3n) is 3.57. The molecule has 3 rings (SSSR count). The summed E-state index contributed by atoms with van der Waals surface area (Å²) in [6.45, 7) is 2.62. The van der Waals surface area contributed by atoms with E-state index in [1.54, 1.807) is 0 Å². The average Bonchev–Trinajstić information content (AvgIpc) is 3.11. The smallest absolute Gasteiger partial charge is 0.261 e. The van der Waals surface area contributed by atoms with E-state index in [4.69, 9.17) is 20.2 Å². The fraction of sp³-hybridized carbons (Fsp3) is 0.462. The van der Waals surface area contributed by atoms with E-state index in [9.17, 15) is 13.2 Å². The van der Waals surface area contributed by atoms with Crippen molar-refractivity contribution < 1.29 is 22.7 Å². The number of carbonyl (C=O) groups is 1. The second-order valence-electron chi connectivity index (χ2n) is 5.23. The van der Waals surface area contributed by atoms with Crippen LogP contribution in [0.3, 0.4) is 0 Å². The molecule has 1 aromatic rings. The summed E-state index contributed by atoms with van der Waals surface area (Å²) >= 11 is 0. The van der Waals surface area contributed by atoms with E-state index in [0.717, 1.165) is 6.42 Å². The van der Waals surface area contributed by atoms with E-state index < -0.39 is 9.05 Å². The Hall–Kier alpha value is -1.47. The Morgan fingerprint density at radius 3 is 2.62 bits per heavy atom. The van der Waals surface area contributed by atoms with Crippen LogP contribution in [0.5, 0.6) is 11.5 Å². The zero-order valence-electron chi connectivity index (χ0n) is 11.3. The Kier molecular flexibility index (Phi) is 3.49. The molecule has 114 valence electrons. The van der Waals surface area contributed by atoms with E-state index in [-0.39, 0.29) is 33.9 Å². The molecule has 1 heterocycles. The molecule has 2 aliphatic rings. The van der Waals surface area contributed by atoms with E-state index in [2.05, 4.69) is 5.32 Å². The third-order valence-corrected chi connectivity index (χ3v) is 4.90. The molecule has 8 heteroatoms. The van der Waals surface area contributed by atoms with Gasteiger partial charge in [-0.3, -0.25) is 4.79 Å². The van der Waals surface area contributed by atoms with Gasteiger partial charge in [-0.2, -0.15) is 0 Å². The number of fused-ring (bicyclic) bond motifs is 1. The highest BCUT2D eigenvalue weighted by Crippen LogP contribution is 2.38. The molecule has 1 aliphatic heterocycles. The standard InChI is InChI=1S/C13H14ClNO5S/c1-7-4-10(7)15-13(16)9-5-8(21(14,17)18)6-11-12(9)20-3-2-19-11/h5-7,10H,2-4H2,1H3,(H,15,16). The van der Waals surface area contributed by atoms with Crippen LogP contribution >= 0.6 is 10.7 Å². The van der Waals surface area contributed by atoms with Gasteiger partial charge in [0.15, 0.2) is 11.5 Å². The molecule has 1 fully saturated rings. The fourth-order valence-corrected chi connectivity index (χ4v) is 2.98. The summed E-state index contributed by atoms with van der Waals surface area (Å²) in [4.78, 5) is 12.1. The summed E-state index contributed by atoms with van der Waals surface area (Å²) in [5.41, 5.74) is 0.130. The largest absolute Gasteiger partial charge is 0.486 e. The molecular weight excluding hydrogens is 318 g/mol. The van der Waals surface area contributed by atoms with E-state index in [1.807, 2.05) is 6.92 Å². The monoisotopic (exact) mass is 331 g/mol. The van der Waals surface area contributed by atoms with Gasteiger partial charge in [0, 0.05) is 22.8 Å². The minimum atomic E-state index is -3.96. The molecule has 0 radical (unpaired) electrons. The summed E-state index contributed by atoms with van der Waals surface area (Å²) in [7, 11) is 1.40. The van der Waals surface area contributed by atoms with Crippen LogP contribution in [0.25, 0.3) is 0 Å². The van der Waals surface area contributed by atoms with Crippen LogP contribution in [0.2, 0.25) is 0 Å². The number of rotatable bonds is 3. The molecule has 1 amide bonds. The molecule has 0 saturated heterocycles. The van der Waals surface area contributed by atoms with Crippen LogP contribution < -0.4 is 14.8 Å². The predicted molar refractivity (Wildman–Crippen MR) is 75.5 cm³/mol. The lowest BCUT2D eigenvalue weighted by Crippen LogP contribution is -2.28. The van der Waals surface area contributed by atoms with Crippen LogP contribution in [0.15, 0.2) is 17.0 Å². The molecule has 1 aromatic carbocycles. The Morgan fingerprint density at radius 1 is 1.33 bits per heavy atom. The van der Waals surface area contributed by atoms with Gasteiger partial charge in [0.1, 0.15) is 13.2 Å². The van der Waals surface area contributed by atoms with Gasteiger partial charge in [0.2, 0.25) is 0 Å². The van der Waals surface area contributed by atoms with E-state index in [0.29, 0.717) is 19.1 Å². The van der Waals surface area contributed by atoms with Crippen molar-refractivity contribution in [2.24, 2.45) is 5.92 Å². The number of halogens is 1. The molecule has 21 heavy (non-hydrogen) atoms.